The predicted molar refractivity (Wildman–Crippen MR) is 47.6 cm³/mol. The van der Waals surface area contributed by atoms with Gasteiger partial charge in [-0.15, -0.1) is 0 Å². The molecular weight excluding hydrogens is 168 g/mol. The molecule has 0 unspecified atom stereocenters. The Morgan fingerprint density at radius 1 is 1.46 bits per heavy atom. The van der Waals surface area contributed by atoms with E-state index in [1.807, 2.05) is 0 Å². The van der Waals surface area contributed by atoms with Crippen molar-refractivity contribution >= 4 is 5.97 Å². The Morgan fingerprint density at radius 2 is 2.23 bits per heavy atom. The van der Waals surface area contributed by atoms with E-state index in [2.05, 4.69) is 10.2 Å². The van der Waals surface area contributed by atoms with Crippen LogP contribution in [-0.2, 0) is 11.2 Å². The summed E-state index contributed by atoms with van der Waals surface area (Å²) in [6.07, 6.45) is 3.21. The normalized spacial score (nSPS) is 8.92. The van der Waals surface area contributed by atoms with Gasteiger partial charge in [-0.3, -0.25) is 9.89 Å². The third-order valence-electron chi connectivity index (χ3n) is 1.38. The van der Waals surface area contributed by atoms with Crippen LogP contribution in [0.25, 0.3) is 0 Å². The summed E-state index contributed by atoms with van der Waals surface area (Å²) in [4.78, 5) is 10.4. The van der Waals surface area contributed by atoms with Crippen LogP contribution in [0.15, 0.2) is 36.7 Å². The Hall–Kier alpha value is -1.84. The van der Waals surface area contributed by atoms with E-state index in [1.54, 1.807) is 36.7 Å². The topological polar surface area (TPSA) is 66.0 Å². The third-order valence-corrected chi connectivity index (χ3v) is 1.38. The molecule has 0 amide bonds. The van der Waals surface area contributed by atoms with E-state index in [9.17, 15) is 4.79 Å². The number of carbonyl (C=O) groups is 1. The number of H-pyrrole nitrogens is 1. The minimum Gasteiger partial charge on any atom is -0.481 e. The molecule has 0 aliphatic heterocycles. The molecule has 0 fully saturated rings. The zero-order valence-electron chi connectivity index (χ0n) is 6.97. The van der Waals surface area contributed by atoms with Crippen LogP contribution >= 0.6 is 0 Å². The lowest BCUT2D eigenvalue weighted by Gasteiger charge is -1.89. The molecule has 0 saturated heterocycles. The van der Waals surface area contributed by atoms with Crippen molar-refractivity contribution in [1.82, 2.24) is 10.2 Å². The number of carboxylic acid groups (broad SMARTS) is 1. The SMILES string of the molecule is O=C(O)Cc1cccn[nH]ccc1. The largest absolute Gasteiger partial charge is 0.481 e. The minimum absolute atomic E-state index is 0.0225. The van der Waals surface area contributed by atoms with Gasteiger partial charge in [-0.2, -0.15) is 5.10 Å². The van der Waals surface area contributed by atoms with E-state index in [0.717, 1.165) is 5.56 Å². The maximum absolute atomic E-state index is 10.4. The van der Waals surface area contributed by atoms with Crippen LogP contribution in [-0.4, -0.2) is 21.3 Å². The molecule has 1 aromatic rings. The fraction of sp³-hybridized carbons (Fsp3) is 0.111. The highest BCUT2D eigenvalue weighted by atomic mass is 16.4. The number of carboxylic acids is 1. The van der Waals surface area contributed by atoms with Crippen molar-refractivity contribution in [2.75, 3.05) is 0 Å². The minimum atomic E-state index is -0.839. The van der Waals surface area contributed by atoms with Gasteiger partial charge in [0.1, 0.15) is 0 Å². The number of rotatable bonds is 2. The van der Waals surface area contributed by atoms with E-state index < -0.39 is 5.97 Å². The first kappa shape index (κ1) is 9.25. The molecule has 1 heterocycles. The highest BCUT2D eigenvalue weighted by Gasteiger charge is 1.95. The van der Waals surface area contributed by atoms with Gasteiger partial charge in [0.25, 0.3) is 0 Å². The van der Waals surface area contributed by atoms with Crippen molar-refractivity contribution in [1.29, 1.82) is 0 Å². The first-order valence-corrected chi connectivity index (χ1v) is 3.82. The molecule has 4 heteroatoms. The predicted octanol–water partition coefficient (Wildman–Crippen LogP) is 1.16. The van der Waals surface area contributed by atoms with Gasteiger partial charge in [-0.05, 0) is 17.7 Å². The molecule has 2 N–H and O–H groups in total. The second-order valence-electron chi connectivity index (χ2n) is 2.44. The summed E-state index contributed by atoms with van der Waals surface area (Å²) in [7, 11) is 0. The van der Waals surface area contributed by atoms with Crippen LogP contribution < -0.4 is 0 Å². The molecule has 68 valence electrons. The standard InChI is InChI=1S/C9H10N2O2/c12-9(13)7-8-3-1-5-10-11-6-2-4-8/h1-6,10H,7H2,(H,12,13). The number of hydrogen-bond donors (Lipinski definition) is 2. The van der Waals surface area contributed by atoms with Gasteiger partial charge in [0, 0.05) is 12.4 Å². The molecule has 0 atom stereocenters. The van der Waals surface area contributed by atoms with Crippen molar-refractivity contribution in [2.45, 2.75) is 6.42 Å². The third kappa shape index (κ3) is 3.91. The van der Waals surface area contributed by atoms with Crippen LogP contribution in [0.4, 0.5) is 0 Å². The van der Waals surface area contributed by atoms with E-state index in [1.165, 1.54) is 0 Å². The fourth-order valence-electron chi connectivity index (χ4n) is 0.858. The molecule has 0 radical (unpaired) electrons. The zero-order valence-corrected chi connectivity index (χ0v) is 6.97. The molecule has 0 bridgehead atoms. The van der Waals surface area contributed by atoms with Crippen molar-refractivity contribution in [3.63, 3.8) is 0 Å². The Labute approximate surface area is 75.6 Å². The number of aromatic amines is 1. The molecular formula is C9H10N2O2. The fourth-order valence-corrected chi connectivity index (χ4v) is 0.858. The molecule has 4 nitrogen and oxygen atoms in total. The van der Waals surface area contributed by atoms with Crippen molar-refractivity contribution < 1.29 is 9.90 Å². The quantitative estimate of drug-likeness (QED) is 0.714. The van der Waals surface area contributed by atoms with Crippen LogP contribution in [0, 0.1) is 0 Å². The molecule has 0 aromatic carbocycles. The van der Waals surface area contributed by atoms with Gasteiger partial charge in [0.2, 0.25) is 0 Å². The molecule has 1 rings (SSSR count). The average Bonchev–Trinajstić information content (AvgIpc) is 2.17. The van der Waals surface area contributed by atoms with Gasteiger partial charge >= 0.3 is 5.97 Å². The molecule has 0 saturated carbocycles. The van der Waals surface area contributed by atoms with Crippen molar-refractivity contribution in [2.24, 2.45) is 0 Å². The molecule has 1 aromatic heterocycles. The number of aromatic nitrogens is 2. The lowest BCUT2D eigenvalue weighted by molar-refractivity contribution is -0.136. The monoisotopic (exact) mass is 178 g/mol. The lowest BCUT2D eigenvalue weighted by Crippen LogP contribution is -1.98. The maximum atomic E-state index is 10.4. The highest BCUT2D eigenvalue weighted by Crippen LogP contribution is 1.95. The summed E-state index contributed by atoms with van der Waals surface area (Å²) in [5.74, 6) is -0.839. The summed E-state index contributed by atoms with van der Waals surface area (Å²) in [6.45, 7) is 0. The Kier molecular flexibility index (Phi) is 3.50. The first-order valence-electron chi connectivity index (χ1n) is 3.82. The summed E-state index contributed by atoms with van der Waals surface area (Å²) < 4.78 is 0. The number of hydrogen-bond acceptors (Lipinski definition) is 2. The van der Waals surface area contributed by atoms with E-state index >= 15 is 0 Å². The molecule has 0 aliphatic rings. The number of nitrogens with zero attached hydrogens (tertiary/aromatic N) is 1. The maximum Gasteiger partial charge on any atom is 0.307 e. The van der Waals surface area contributed by atoms with Crippen molar-refractivity contribution in [3.8, 4) is 0 Å². The van der Waals surface area contributed by atoms with Crippen molar-refractivity contribution in [3.05, 3.63) is 42.2 Å². The Bertz CT molecular complexity index is 308. The smallest absolute Gasteiger partial charge is 0.307 e. The summed E-state index contributed by atoms with van der Waals surface area (Å²) in [6, 6.07) is 6.85. The van der Waals surface area contributed by atoms with Crippen LogP contribution in [0.3, 0.4) is 0 Å². The number of nitrogens with one attached hydrogen (secondary N) is 1. The van der Waals surface area contributed by atoms with Gasteiger partial charge in [0.15, 0.2) is 0 Å². The summed E-state index contributed by atoms with van der Waals surface area (Å²) in [5, 5.41) is 15.0. The second-order valence-corrected chi connectivity index (χ2v) is 2.44. The summed E-state index contributed by atoms with van der Waals surface area (Å²) >= 11 is 0. The van der Waals surface area contributed by atoms with Gasteiger partial charge < -0.3 is 5.11 Å². The second kappa shape index (κ2) is 4.92. The Morgan fingerprint density at radius 3 is 3.00 bits per heavy atom. The van der Waals surface area contributed by atoms with E-state index in [0.29, 0.717) is 0 Å². The summed E-state index contributed by atoms with van der Waals surface area (Å²) in [5.41, 5.74) is 0.735. The van der Waals surface area contributed by atoms with Gasteiger partial charge in [0.05, 0.1) is 6.42 Å². The zero-order chi connectivity index (χ0) is 9.52. The number of aliphatic carboxylic acids is 1. The molecule has 0 aliphatic carbocycles. The lowest BCUT2D eigenvalue weighted by atomic mass is 10.2. The van der Waals surface area contributed by atoms with Crippen LogP contribution in [0.1, 0.15) is 5.56 Å². The molecule has 13 heavy (non-hydrogen) atoms. The van der Waals surface area contributed by atoms with E-state index in [4.69, 9.17) is 5.11 Å². The van der Waals surface area contributed by atoms with Crippen LogP contribution in [0.5, 0.6) is 0 Å². The van der Waals surface area contributed by atoms with Gasteiger partial charge in [-0.25, -0.2) is 0 Å². The first-order chi connectivity index (χ1) is 6.29. The molecule has 0 spiro atoms. The van der Waals surface area contributed by atoms with E-state index in [-0.39, 0.29) is 6.42 Å². The Balaban J connectivity index is 2.97. The average molecular weight is 178 g/mol. The van der Waals surface area contributed by atoms with Gasteiger partial charge in [-0.1, -0.05) is 12.1 Å². The highest BCUT2D eigenvalue weighted by molar-refractivity contribution is 5.69. The van der Waals surface area contributed by atoms with Crippen LogP contribution in [0.2, 0.25) is 0 Å².